The molecule has 0 aromatic carbocycles. The zero-order valence-corrected chi connectivity index (χ0v) is 27.6. The highest BCUT2D eigenvalue weighted by Crippen LogP contribution is 2.75. The summed E-state index contributed by atoms with van der Waals surface area (Å²) in [5.74, 6) is -2.99. The predicted molar refractivity (Wildman–Crippen MR) is 136 cm³/mol. The van der Waals surface area contributed by atoms with Crippen LogP contribution in [0.5, 0.6) is 0 Å². The van der Waals surface area contributed by atoms with Crippen molar-refractivity contribution in [3.63, 3.8) is 0 Å². The van der Waals surface area contributed by atoms with Gasteiger partial charge in [0.15, 0.2) is 0 Å². The number of anilines is 1. The van der Waals surface area contributed by atoms with Gasteiger partial charge < -0.3 is 44.9 Å². The minimum atomic E-state index is -6.63. The second kappa shape index (κ2) is 15.5. The van der Waals surface area contributed by atoms with E-state index < -0.39 is 89.8 Å². The number of aromatic nitrogens is 2. The summed E-state index contributed by atoms with van der Waals surface area (Å²) in [5, 5.41) is 10.1. The Balaban J connectivity index is 1.95. The number of carbonyl (C=O) groups is 1. The lowest BCUT2D eigenvalue weighted by Gasteiger charge is -2.21. The highest BCUT2D eigenvalue weighted by Gasteiger charge is 2.50. The molecule has 1 fully saturated rings. The van der Waals surface area contributed by atoms with Crippen molar-refractivity contribution in [2.45, 2.75) is 31.0 Å². The van der Waals surface area contributed by atoms with Crippen LogP contribution in [0.2, 0.25) is 0 Å². The molecule has 11 N–H and O–H groups in total. The number of phosphoric ester groups is 1. The molecule has 1 amide bonds. The molecule has 1 aliphatic heterocycles. The summed E-state index contributed by atoms with van der Waals surface area (Å²) in [6.07, 6.45) is -9.01. The Bertz CT molecular complexity index is 1710. The van der Waals surface area contributed by atoms with E-state index in [1.54, 1.807) is 0 Å². The molecule has 0 aliphatic carbocycles. The topological polar surface area (TPSA) is 420 Å². The quantitative estimate of drug-likeness (QED) is 0.0684. The number of phosphoric acid groups is 6. The summed E-state index contributed by atoms with van der Waals surface area (Å²) in [4.78, 5) is 82.4. The number of nitrogen functional groups attached to an aromatic ring is 1. The van der Waals surface area contributed by atoms with Crippen molar-refractivity contribution in [2.24, 2.45) is 0 Å². The van der Waals surface area contributed by atoms with Crippen LogP contribution in [0.3, 0.4) is 0 Å². The number of alkyl halides is 3. The van der Waals surface area contributed by atoms with Crippen LogP contribution in [0.4, 0.5) is 19.0 Å². The first-order chi connectivity index (χ1) is 21.4. The molecule has 278 valence electrons. The second-order valence-electron chi connectivity index (χ2n) is 8.14. The number of nitrogens with one attached hydrogen (secondary N) is 2. The molecule has 37 heteroatoms. The molecule has 9 atom stereocenters. The summed E-state index contributed by atoms with van der Waals surface area (Å²) in [6.45, 7) is -1.13. The number of hydrogen-bond acceptors (Lipinski definition) is 20. The molecule has 1 aliphatic rings. The van der Waals surface area contributed by atoms with Crippen molar-refractivity contribution in [3.8, 4) is 0 Å². The largest absolute Gasteiger partial charge is 0.499 e. The van der Waals surface area contributed by atoms with Gasteiger partial charge in [-0.3, -0.25) is 19.3 Å². The van der Waals surface area contributed by atoms with Crippen LogP contribution in [-0.4, -0.2) is 74.9 Å². The van der Waals surface area contributed by atoms with E-state index in [1.165, 1.54) is 6.07 Å². The summed E-state index contributed by atoms with van der Waals surface area (Å²) in [5.41, 5.74) is 5.69. The molecule has 0 saturated carbocycles. The van der Waals surface area contributed by atoms with Gasteiger partial charge in [0.25, 0.3) is 0 Å². The standard InChI is InChI=1S/C11H20F3N5O23P6/c12-11(13,14)9(21)17-18-37-44(25,26)39-46(29,30)41-48(33,34)42-47(31,32)40-45(27,28)38-43(23,24)35-4-6-5(20)3-8(36-6)19-2-1-7(15)16-10(19)22/h1-2,5-6,8,18,20H,3-4H2,(H,17,21)(H,23,24)(H,25,26)(H,27,28)(H,29,30)(H,31,32)(H,33,34)(H2,15,16,22)/t5?,6-,8-/m1/s1. The monoisotopic (exact) mass is 833 g/mol. The van der Waals surface area contributed by atoms with E-state index in [9.17, 15) is 79.7 Å². The van der Waals surface area contributed by atoms with Crippen LogP contribution >= 0.6 is 46.9 Å². The average molecular weight is 833 g/mol. The lowest BCUT2D eigenvalue weighted by atomic mass is 10.2. The Morgan fingerprint density at radius 3 is 1.83 bits per heavy atom. The number of hydrazine groups is 1. The number of nitrogens with zero attached hydrogens (tertiary/aromatic N) is 2. The Kier molecular flexibility index (Phi) is 13.8. The van der Waals surface area contributed by atoms with E-state index in [2.05, 4.69) is 35.7 Å². The number of halogens is 3. The number of hydrogen-bond donors (Lipinski definition) is 10. The normalized spacial score (nSPS) is 26.2. The number of aliphatic hydroxyl groups excluding tert-OH is 1. The van der Waals surface area contributed by atoms with Gasteiger partial charge in [0.2, 0.25) is 0 Å². The third kappa shape index (κ3) is 14.5. The highest BCUT2D eigenvalue weighted by molar-refractivity contribution is 7.72. The first-order valence-electron chi connectivity index (χ1n) is 11.1. The molecule has 7 unspecified atom stereocenters. The van der Waals surface area contributed by atoms with Gasteiger partial charge in [0.05, 0.1) is 12.7 Å². The zero-order valence-electron chi connectivity index (χ0n) is 22.3. The fraction of sp³-hybridized carbons (Fsp3) is 0.545. The van der Waals surface area contributed by atoms with E-state index in [0.29, 0.717) is 11.0 Å². The van der Waals surface area contributed by atoms with Gasteiger partial charge in [-0.05, 0) is 6.07 Å². The number of aliphatic hydroxyl groups is 1. The third-order valence-electron chi connectivity index (χ3n) is 4.38. The van der Waals surface area contributed by atoms with E-state index in [1.807, 2.05) is 0 Å². The van der Waals surface area contributed by atoms with Crippen LogP contribution in [-0.2, 0) is 67.6 Å². The first kappa shape index (κ1) is 42.8. The number of nitrogens with two attached hydrogens (primary N) is 1. The molecule has 0 spiro atoms. The molecular weight excluding hydrogens is 813 g/mol. The summed E-state index contributed by atoms with van der Waals surface area (Å²) in [6, 6.07) is 1.19. The molecule has 2 heterocycles. The lowest BCUT2D eigenvalue weighted by Crippen LogP contribution is -2.44. The summed E-state index contributed by atoms with van der Waals surface area (Å²) in [7, 11) is -38.2. The SMILES string of the molecule is Nc1ccn([C@H]2CC(O)[C@@H](COP(=O)(O)OP(=O)(O)OP(=O)(O)OP(=O)(O)OP(=O)(O)OP(=O)(O)ONNC(=O)C(F)(F)F)O2)c(=O)n1. The molecule has 0 bridgehead atoms. The van der Waals surface area contributed by atoms with Crippen LogP contribution in [0.1, 0.15) is 12.6 Å². The third-order valence-corrected chi connectivity index (χ3v) is 13.4. The van der Waals surface area contributed by atoms with Crippen molar-refractivity contribution >= 4 is 58.7 Å². The number of ether oxygens (including phenoxy) is 1. The molecule has 1 saturated heterocycles. The van der Waals surface area contributed by atoms with E-state index >= 15 is 0 Å². The smallest absolute Gasteiger partial charge is 0.390 e. The predicted octanol–water partition coefficient (Wildman–Crippen LogP) is -0.709. The van der Waals surface area contributed by atoms with Gasteiger partial charge in [-0.1, -0.05) is 0 Å². The second-order valence-corrected chi connectivity index (χ2v) is 17.5. The van der Waals surface area contributed by atoms with Gasteiger partial charge in [0, 0.05) is 12.6 Å². The molecule has 2 rings (SSSR count). The van der Waals surface area contributed by atoms with Crippen LogP contribution < -0.4 is 22.4 Å². The Morgan fingerprint density at radius 1 is 0.917 bits per heavy atom. The molecule has 1 aromatic rings. The average Bonchev–Trinajstić information content (AvgIpc) is 3.18. The van der Waals surface area contributed by atoms with E-state index in [4.69, 9.17) is 15.4 Å². The van der Waals surface area contributed by atoms with Gasteiger partial charge in [-0.2, -0.15) is 44.3 Å². The van der Waals surface area contributed by atoms with Gasteiger partial charge >= 0.3 is 64.7 Å². The van der Waals surface area contributed by atoms with Crippen LogP contribution in [0, 0.1) is 0 Å². The van der Waals surface area contributed by atoms with E-state index in [-0.39, 0.29) is 12.2 Å². The molecule has 1 aromatic heterocycles. The number of amides is 1. The zero-order chi connectivity index (χ0) is 37.1. The first-order valence-corrected chi connectivity index (χ1v) is 20.1. The summed E-state index contributed by atoms with van der Waals surface area (Å²) < 4.78 is 138. The fourth-order valence-corrected chi connectivity index (χ4v) is 10.4. The minimum absolute atomic E-state index is 0.156. The van der Waals surface area contributed by atoms with Crippen LogP contribution in [0.25, 0.3) is 0 Å². The van der Waals surface area contributed by atoms with Gasteiger partial charge in [-0.25, -0.2) is 32.2 Å². The van der Waals surface area contributed by atoms with Gasteiger partial charge in [-0.15, -0.1) is 5.59 Å². The molecule has 48 heavy (non-hydrogen) atoms. The van der Waals surface area contributed by atoms with E-state index in [0.717, 1.165) is 10.8 Å². The van der Waals surface area contributed by atoms with Crippen molar-refractivity contribution in [2.75, 3.05) is 12.3 Å². The summed E-state index contributed by atoms with van der Waals surface area (Å²) >= 11 is 0. The lowest BCUT2D eigenvalue weighted by molar-refractivity contribution is -0.177. The van der Waals surface area contributed by atoms with Crippen molar-refractivity contribution in [1.29, 1.82) is 0 Å². The maximum absolute atomic E-state index is 12.1. The highest BCUT2D eigenvalue weighted by atomic mass is 31.3. The maximum atomic E-state index is 12.1. The van der Waals surface area contributed by atoms with Crippen molar-refractivity contribution in [1.82, 2.24) is 20.6 Å². The fourth-order valence-electron chi connectivity index (χ4n) is 2.80. The molecule has 28 nitrogen and oxygen atoms in total. The van der Waals surface area contributed by atoms with Gasteiger partial charge in [0.1, 0.15) is 18.1 Å². The molecule has 0 radical (unpaired) electrons. The minimum Gasteiger partial charge on any atom is -0.390 e. The number of rotatable bonds is 17. The maximum Gasteiger partial charge on any atom is 0.499 e. The Hall–Kier alpha value is -1.32. The van der Waals surface area contributed by atoms with Crippen molar-refractivity contribution in [3.05, 3.63) is 22.7 Å². The molecular formula is C11H20F3N5O23P6. The number of carbonyl (C=O) groups excluding carboxylic acids is 1. The Labute approximate surface area is 261 Å². The van der Waals surface area contributed by atoms with Crippen molar-refractivity contribution < 1.29 is 115 Å². The van der Waals surface area contributed by atoms with Crippen LogP contribution in [0.15, 0.2) is 17.1 Å². The Morgan fingerprint density at radius 2 is 1.38 bits per heavy atom.